The van der Waals surface area contributed by atoms with E-state index in [1.54, 1.807) is 18.7 Å². The molecule has 1 unspecified atom stereocenters. The van der Waals surface area contributed by atoms with Crippen molar-refractivity contribution in [2.45, 2.75) is 36.5 Å². The van der Waals surface area contributed by atoms with E-state index in [1.807, 2.05) is 30.3 Å². The SMILES string of the molecule is Cc1nc(CSc2ccccc2C(=O)NCC(c2ccccc2)N2CCCC2)no1. The summed E-state index contributed by atoms with van der Waals surface area (Å²) in [6.07, 6.45) is 2.43. The number of benzene rings is 2. The fraction of sp³-hybridized carbons (Fsp3) is 0.348. The summed E-state index contributed by atoms with van der Waals surface area (Å²) in [4.78, 5) is 20.7. The van der Waals surface area contributed by atoms with E-state index in [9.17, 15) is 4.79 Å². The molecule has 6 nitrogen and oxygen atoms in total. The van der Waals surface area contributed by atoms with Crippen molar-refractivity contribution >= 4 is 17.7 Å². The molecule has 1 atom stereocenters. The predicted octanol–water partition coefficient (Wildman–Crippen LogP) is 4.24. The van der Waals surface area contributed by atoms with Gasteiger partial charge in [-0.15, -0.1) is 11.8 Å². The number of hydrogen-bond acceptors (Lipinski definition) is 6. The van der Waals surface area contributed by atoms with Crippen LogP contribution in [0, 0.1) is 6.92 Å². The van der Waals surface area contributed by atoms with Gasteiger partial charge in [-0.2, -0.15) is 4.98 Å². The molecule has 0 aliphatic carbocycles. The Morgan fingerprint density at radius 2 is 1.87 bits per heavy atom. The zero-order valence-electron chi connectivity index (χ0n) is 17.1. The van der Waals surface area contributed by atoms with E-state index < -0.39 is 0 Å². The first-order chi connectivity index (χ1) is 14.7. The summed E-state index contributed by atoms with van der Waals surface area (Å²) in [6.45, 7) is 4.51. The molecule has 1 amide bonds. The summed E-state index contributed by atoms with van der Waals surface area (Å²) < 4.78 is 5.03. The minimum atomic E-state index is -0.0532. The summed E-state index contributed by atoms with van der Waals surface area (Å²) >= 11 is 1.54. The van der Waals surface area contributed by atoms with Crippen LogP contribution in [0.3, 0.4) is 0 Å². The Morgan fingerprint density at radius 3 is 2.60 bits per heavy atom. The summed E-state index contributed by atoms with van der Waals surface area (Å²) in [5, 5.41) is 7.10. The van der Waals surface area contributed by atoms with Gasteiger partial charge in [0.15, 0.2) is 5.82 Å². The number of nitrogens with one attached hydrogen (secondary N) is 1. The van der Waals surface area contributed by atoms with Crippen LogP contribution in [0.1, 0.15) is 46.5 Å². The van der Waals surface area contributed by atoms with Crippen LogP contribution in [-0.4, -0.2) is 40.6 Å². The Hall–Kier alpha value is -2.64. The molecule has 156 valence electrons. The number of aromatic nitrogens is 2. The van der Waals surface area contributed by atoms with Crippen LogP contribution in [-0.2, 0) is 5.75 Å². The highest BCUT2D eigenvalue weighted by molar-refractivity contribution is 7.98. The number of carbonyl (C=O) groups excluding carboxylic acids is 1. The normalized spacial score (nSPS) is 15.2. The predicted molar refractivity (Wildman–Crippen MR) is 117 cm³/mol. The van der Waals surface area contributed by atoms with E-state index in [0.29, 0.717) is 29.6 Å². The summed E-state index contributed by atoms with van der Waals surface area (Å²) in [5.41, 5.74) is 1.92. The van der Waals surface area contributed by atoms with Gasteiger partial charge in [0.2, 0.25) is 5.89 Å². The zero-order chi connectivity index (χ0) is 20.8. The molecule has 2 heterocycles. The maximum atomic E-state index is 13.0. The van der Waals surface area contributed by atoms with Crippen LogP contribution >= 0.6 is 11.8 Å². The zero-order valence-corrected chi connectivity index (χ0v) is 17.9. The Balaban J connectivity index is 1.43. The number of nitrogens with zero attached hydrogens (tertiary/aromatic N) is 3. The van der Waals surface area contributed by atoms with Gasteiger partial charge in [-0.05, 0) is 43.6 Å². The van der Waals surface area contributed by atoms with Crippen LogP contribution in [0.5, 0.6) is 0 Å². The second-order valence-corrected chi connectivity index (χ2v) is 8.41. The topological polar surface area (TPSA) is 71.3 Å². The smallest absolute Gasteiger partial charge is 0.252 e. The lowest BCUT2D eigenvalue weighted by Crippen LogP contribution is -2.37. The van der Waals surface area contributed by atoms with E-state index in [2.05, 4.69) is 44.6 Å². The molecule has 30 heavy (non-hydrogen) atoms. The average Bonchev–Trinajstić information content (AvgIpc) is 3.45. The molecule has 1 aliphatic heterocycles. The minimum absolute atomic E-state index is 0.0532. The molecule has 0 bridgehead atoms. The number of aryl methyl sites for hydroxylation is 1. The van der Waals surface area contributed by atoms with Crippen molar-refractivity contribution in [1.82, 2.24) is 20.4 Å². The largest absolute Gasteiger partial charge is 0.350 e. The van der Waals surface area contributed by atoms with Gasteiger partial charge in [-0.25, -0.2) is 0 Å². The van der Waals surface area contributed by atoms with Crippen molar-refractivity contribution in [1.29, 1.82) is 0 Å². The van der Waals surface area contributed by atoms with Gasteiger partial charge in [0.1, 0.15) is 0 Å². The fourth-order valence-electron chi connectivity index (χ4n) is 3.79. The van der Waals surface area contributed by atoms with Crippen molar-refractivity contribution in [2.24, 2.45) is 0 Å². The van der Waals surface area contributed by atoms with Gasteiger partial charge < -0.3 is 9.84 Å². The quantitative estimate of drug-likeness (QED) is 0.548. The van der Waals surface area contributed by atoms with Gasteiger partial charge in [0, 0.05) is 18.4 Å². The van der Waals surface area contributed by atoms with Crippen LogP contribution in [0.2, 0.25) is 0 Å². The van der Waals surface area contributed by atoms with E-state index in [-0.39, 0.29) is 11.9 Å². The number of rotatable bonds is 8. The number of thioether (sulfide) groups is 1. The molecule has 0 spiro atoms. The summed E-state index contributed by atoms with van der Waals surface area (Å²) in [7, 11) is 0. The van der Waals surface area contributed by atoms with Crippen molar-refractivity contribution in [3.05, 3.63) is 77.4 Å². The van der Waals surface area contributed by atoms with Gasteiger partial charge in [0.25, 0.3) is 5.91 Å². The van der Waals surface area contributed by atoms with Crippen LogP contribution in [0.15, 0.2) is 64.0 Å². The van der Waals surface area contributed by atoms with E-state index in [0.717, 1.165) is 18.0 Å². The lowest BCUT2D eigenvalue weighted by Gasteiger charge is -2.28. The standard InChI is InChI=1S/C23H26N4O2S/c1-17-25-22(26-29-17)16-30-21-12-6-5-11-19(21)23(28)24-15-20(27-13-7-8-14-27)18-9-3-2-4-10-18/h2-6,9-12,20H,7-8,13-16H2,1H3,(H,24,28). The third-order valence-corrected chi connectivity index (χ3v) is 6.35. The van der Waals surface area contributed by atoms with Gasteiger partial charge >= 0.3 is 0 Å². The van der Waals surface area contributed by atoms with Crippen LogP contribution < -0.4 is 5.32 Å². The highest BCUT2D eigenvalue weighted by Crippen LogP contribution is 2.27. The van der Waals surface area contributed by atoms with Gasteiger partial charge in [-0.3, -0.25) is 9.69 Å². The van der Waals surface area contributed by atoms with E-state index >= 15 is 0 Å². The molecule has 7 heteroatoms. The lowest BCUT2D eigenvalue weighted by atomic mass is 10.1. The van der Waals surface area contributed by atoms with Crippen molar-refractivity contribution in [2.75, 3.05) is 19.6 Å². The molecule has 2 aromatic carbocycles. The molecule has 1 aliphatic rings. The average molecular weight is 423 g/mol. The molecule has 1 aromatic heterocycles. The Labute approximate surface area is 181 Å². The molecule has 0 saturated carbocycles. The third kappa shape index (κ3) is 5.09. The number of likely N-dealkylation sites (tertiary alicyclic amines) is 1. The second-order valence-electron chi connectivity index (χ2n) is 7.39. The van der Waals surface area contributed by atoms with Crippen molar-refractivity contribution in [3.8, 4) is 0 Å². The minimum Gasteiger partial charge on any atom is -0.350 e. The summed E-state index contributed by atoms with van der Waals surface area (Å²) in [6, 6.07) is 18.3. The number of hydrogen-bond donors (Lipinski definition) is 1. The molecule has 1 N–H and O–H groups in total. The second kappa shape index (κ2) is 9.91. The van der Waals surface area contributed by atoms with E-state index in [4.69, 9.17) is 4.52 Å². The van der Waals surface area contributed by atoms with Crippen LogP contribution in [0.25, 0.3) is 0 Å². The van der Waals surface area contributed by atoms with Crippen molar-refractivity contribution in [3.63, 3.8) is 0 Å². The first-order valence-corrected chi connectivity index (χ1v) is 11.3. The first-order valence-electron chi connectivity index (χ1n) is 10.3. The highest BCUT2D eigenvalue weighted by atomic mass is 32.2. The first kappa shape index (κ1) is 20.6. The Kier molecular flexibility index (Phi) is 6.81. The number of carbonyl (C=O) groups is 1. The Bertz CT molecular complexity index is 970. The Morgan fingerprint density at radius 1 is 1.13 bits per heavy atom. The maximum Gasteiger partial charge on any atom is 0.252 e. The molecular weight excluding hydrogens is 396 g/mol. The summed E-state index contributed by atoms with van der Waals surface area (Å²) in [5.74, 6) is 1.68. The van der Waals surface area contributed by atoms with Gasteiger partial charge in [-0.1, -0.05) is 47.6 Å². The lowest BCUT2D eigenvalue weighted by molar-refractivity contribution is 0.0935. The fourth-order valence-corrected chi connectivity index (χ4v) is 4.69. The molecule has 1 fully saturated rings. The monoisotopic (exact) mass is 422 g/mol. The molecule has 4 rings (SSSR count). The van der Waals surface area contributed by atoms with Crippen LogP contribution in [0.4, 0.5) is 0 Å². The van der Waals surface area contributed by atoms with E-state index in [1.165, 1.54) is 18.4 Å². The molecular formula is C23H26N4O2S. The molecule has 1 saturated heterocycles. The molecule has 3 aromatic rings. The van der Waals surface area contributed by atoms with Gasteiger partial charge in [0.05, 0.1) is 17.4 Å². The maximum absolute atomic E-state index is 13.0. The van der Waals surface area contributed by atoms with Crippen molar-refractivity contribution < 1.29 is 9.32 Å². The third-order valence-electron chi connectivity index (χ3n) is 5.28. The number of amides is 1. The molecule has 0 radical (unpaired) electrons. The highest BCUT2D eigenvalue weighted by Gasteiger charge is 2.24.